The van der Waals surface area contributed by atoms with Crippen LogP contribution in [0.25, 0.3) is 5.70 Å². The van der Waals surface area contributed by atoms with Gasteiger partial charge in [-0.25, -0.2) is 19.2 Å². The van der Waals surface area contributed by atoms with E-state index < -0.39 is 11.4 Å². The maximum absolute atomic E-state index is 14.3. The van der Waals surface area contributed by atoms with E-state index in [-0.39, 0.29) is 12.0 Å². The van der Waals surface area contributed by atoms with E-state index in [1.54, 1.807) is 11.1 Å². The van der Waals surface area contributed by atoms with Crippen LogP contribution in [-0.4, -0.2) is 70.5 Å². The van der Waals surface area contributed by atoms with Crippen LogP contribution in [-0.2, 0) is 16.0 Å². The molecule has 0 aliphatic carbocycles. The number of hydrogen-bond acceptors (Lipinski definition) is 8. The highest BCUT2D eigenvalue weighted by molar-refractivity contribution is 6.07. The lowest BCUT2D eigenvalue weighted by atomic mass is 9.97. The lowest BCUT2D eigenvalue weighted by Crippen LogP contribution is -2.42. The Morgan fingerprint density at radius 3 is 2.66 bits per heavy atom. The van der Waals surface area contributed by atoms with Crippen LogP contribution in [0.5, 0.6) is 5.88 Å². The zero-order valence-corrected chi connectivity index (χ0v) is 22.6. The Balaban J connectivity index is 1.44. The summed E-state index contributed by atoms with van der Waals surface area (Å²) in [6.07, 6.45) is 7.81. The van der Waals surface area contributed by atoms with E-state index in [0.717, 1.165) is 36.4 Å². The van der Waals surface area contributed by atoms with Gasteiger partial charge in [0.1, 0.15) is 11.3 Å². The molecule has 0 saturated carbocycles. The third-order valence-corrected chi connectivity index (χ3v) is 6.56. The van der Waals surface area contributed by atoms with Gasteiger partial charge in [-0.1, -0.05) is 0 Å². The molecule has 2 fully saturated rings. The number of carbonyl (C=O) groups excluding carboxylic acids is 1. The summed E-state index contributed by atoms with van der Waals surface area (Å²) in [5.41, 5.74) is 9.21. The number of nitrogens with zero attached hydrogens (tertiary/aromatic N) is 5. The fourth-order valence-corrected chi connectivity index (χ4v) is 4.61. The molecule has 2 aliphatic heterocycles. The van der Waals surface area contributed by atoms with Crippen LogP contribution in [0.3, 0.4) is 0 Å². The Bertz CT molecular complexity index is 1190. The number of halogens is 1. The quantitative estimate of drug-likeness (QED) is 0.614. The van der Waals surface area contributed by atoms with Gasteiger partial charge in [0, 0.05) is 49.2 Å². The van der Waals surface area contributed by atoms with Crippen LogP contribution < -0.4 is 10.5 Å². The molecule has 0 radical (unpaired) electrons. The highest BCUT2D eigenvalue weighted by Gasteiger charge is 2.27. The summed E-state index contributed by atoms with van der Waals surface area (Å²) >= 11 is 0. The summed E-state index contributed by atoms with van der Waals surface area (Å²) in [6, 6.07) is 1.32. The average Bonchev–Trinajstić information content (AvgIpc) is 3.17. The molecule has 38 heavy (non-hydrogen) atoms. The molecule has 0 spiro atoms. The van der Waals surface area contributed by atoms with E-state index in [2.05, 4.69) is 10.1 Å². The highest BCUT2D eigenvalue weighted by Crippen LogP contribution is 2.26. The van der Waals surface area contributed by atoms with Crippen molar-refractivity contribution in [3.05, 3.63) is 41.6 Å². The first-order valence-corrected chi connectivity index (χ1v) is 13.0. The summed E-state index contributed by atoms with van der Waals surface area (Å²) in [6.45, 7) is 8.74. The summed E-state index contributed by atoms with van der Waals surface area (Å²) in [5.74, 6) is -0.244. The molecule has 0 aromatic carbocycles. The van der Waals surface area contributed by atoms with Gasteiger partial charge >= 0.3 is 6.09 Å². The lowest BCUT2D eigenvalue weighted by molar-refractivity contribution is 0.0177. The first kappa shape index (κ1) is 27.6. The largest absolute Gasteiger partial charge is 0.479 e. The van der Waals surface area contributed by atoms with Crippen molar-refractivity contribution in [1.29, 1.82) is 0 Å². The second-order valence-corrected chi connectivity index (χ2v) is 10.6. The van der Waals surface area contributed by atoms with Gasteiger partial charge in [0.25, 0.3) is 0 Å². The minimum Gasteiger partial charge on any atom is -0.479 e. The Hall–Kier alpha value is -3.47. The van der Waals surface area contributed by atoms with E-state index in [0.29, 0.717) is 56.3 Å². The Labute approximate surface area is 222 Å². The van der Waals surface area contributed by atoms with Gasteiger partial charge in [0.2, 0.25) is 5.88 Å². The summed E-state index contributed by atoms with van der Waals surface area (Å²) in [4.78, 5) is 23.0. The fraction of sp³-hybridized carbons (Fsp3) is 0.556. The molecule has 10 nitrogen and oxygen atoms in total. The van der Waals surface area contributed by atoms with Gasteiger partial charge in [0.15, 0.2) is 5.82 Å². The van der Waals surface area contributed by atoms with Gasteiger partial charge in [-0.15, -0.1) is 0 Å². The second kappa shape index (κ2) is 11.9. The molecule has 0 atom stereocenters. The van der Waals surface area contributed by atoms with Crippen LogP contribution >= 0.6 is 0 Å². The molecule has 2 N–H and O–H groups in total. The van der Waals surface area contributed by atoms with Crippen LogP contribution in [0, 0.1) is 11.7 Å². The average molecular weight is 529 g/mol. The SMILES string of the molecule is COc1ncc(C(N)=C2CCOCCC2=Nc2cnn(CC3CCN(C(=O)OC(C)(C)C)CC3)c2)cc1F. The molecule has 2 aromatic rings. The summed E-state index contributed by atoms with van der Waals surface area (Å²) in [5, 5.41) is 4.51. The predicted octanol–water partition coefficient (Wildman–Crippen LogP) is 4.33. The van der Waals surface area contributed by atoms with Crippen LogP contribution in [0.4, 0.5) is 14.9 Å². The number of nitrogens with two attached hydrogens (primary N) is 1. The molecule has 4 rings (SSSR count). The molecule has 2 saturated heterocycles. The van der Waals surface area contributed by atoms with E-state index in [1.165, 1.54) is 19.4 Å². The number of carbonyl (C=O) groups is 1. The number of rotatable bonds is 5. The molecule has 0 unspecified atom stereocenters. The van der Waals surface area contributed by atoms with Gasteiger partial charge in [-0.3, -0.25) is 4.68 Å². The number of amides is 1. The molecule has 2 aliphatic rings. The van der Waals surface area contributed by atoms with Crippen molar-refractivity contribution in [2.45, 2.75) is 58.6 Å². The molecule has 1 amide bonds. The second-order valence-electron chi connectivity index (χ2n) is 10.6. The smallest absolute Gasteiger partial charge is 0.410 e. The minimum atomic E-state index is -0.574. The normalized spacial score (nSPS) is 19.8. The molecule has 11 heteroatoms. The minimum absolute atomic E-state index is 0.0763. The third-order valence-electron chi connectivity index (χ3n) is 6.56. The molecular formula is C27H37FN6O4. The number of methoxy groups -OCH3 is 1. The zero-order valence-electron chi connectivity index (χ0n) is 22.6. The summed E-state index contributed by atoms with van der Waals surface area (Å²) in [7, 11) is 1.37. The number of hydrogen-bond donors (Lipinski definition) is 1. The van der Waals surface area contributed by atoms with E-state index >= 15 is 0 Å². The van der Waals surface area contributed by atoms with E-state index in [1.807, 2.05) is 31.6 Å². The fourth-order valence-electron chi connectivity index (χ4n) is 4.61. The van der Waals surface area contributed by atoms with Crippen LogP contribution in [0.15, 0.2) is 35.2 Å². The Kier molecular flexibility index (Phi) is 8.65. The lowest BCUT2D eigenvalue weighted by Gasteiger charge is -2.33. The molecule has 206 valence electrons. The van der Waals surface area contributed by atoms with Gasteiger partial charge in [-0.05, 0) is 57.6 Å². The highest BCUT2D eigenvalue weighted by atomic mass is 19.1. The first-order chi connectivity index (χ1) is 18.1. The van der Waals surface area contributed by atoms with Crippen molar-refractivity contribution in [2.75, 3.05) is 33.4 Å². The molecule has 0 bridgehead atoms. The third kappa shape index (κ3) is 7.09. The number of piperidine rings is 1. The number of pyridine rings is 1. The van der Waals surface area contributed by atoms with E-state index in [9.17, 15) is 9.18 Å². The number of aliphatic imine (C=N–C) groups is 1. The van der Waals surface area contributed by atoms with Crippen molar-refractivity contribution in [3.63, 3.8) is 0 Å². The van der Waals surface area contributed by atoms with E-state index in [4.69, 9.17) is 24.9 Å². The molecule has 2 aromatic heterocycles. The van der Waals surface area contributed by atoms with Gasteiger partial charge < -0.3 is 24.8 Å². The topological polar surface area (TPSA) is 117 Å². The molecule has 4 heterocycles. The number of aromatic nitrogens is 3. The van der Waals surface area contributed by atoms with Crippen molar-refractivity contribution >= 4 is 23.2 Å². The van der Waals surface area contributed by atoms with Crippen LogP contribution in [0.1, 0.15) is 52.0 Å². The maximum atomic E-state index is 14.3. The summed E-state index contributed by atoms with van der Waals surface area (Å²) < 4.78 is 32.2. The van der Waals surface area contributed by atoms with Crippen molar-refractivity contribution in [2.24, 2.45) is 16.6 Å². The van der Waals surface area contributed by atoms with Gasteiger partial charge in [0.05, 0.1) is 32.7 Å². The zero-order chi connectivity index (χ0) is 27.3. The maximum Gasteiger partial charge on any atom is 0.410 e. The van der Waals surface area contributed by atoms with Crippen molar-refractivity contribution in [1.82, 2.24) is 19.7 Å². The number of likely N-dealkylation sites (tertiary alicyclic amines) is 1. The first-order valence-electron chi connectivity index (χ1n) is 13.0. The standard InChI is InChI=1S/C27H37FN6O4/c1-27(2,3)38-26(35)33-9-5-18(6-10-33)16-34-17-20(15-31-34)32-23-8-12-37-11-7-21(23)24(29)19-13-22(28)25(36-4)30-14-19/h13-15,17-18H,5-12,16,29H2,1-4H3. The van der Waals surface area contributed by atoms with Crippen molar-refractivity contribution in [3.8, 4) is 5.88 Å². The molecular weight excluding hydrogens is 491 g/mol. The van der Waals surface area contributed by atoms with Crippen LogP contribution in [0.2, 0.25) is 0 Å². The Morgan fingerprint density at radius 2 is 1.97 bits per heavy atom. The Morgan fingerprint density at radius 1 is 1.24 bits per heavy atom. The number of ether oxygens (including phenoxy) is 3. The monoisotopic (exact) mass is 528 g/mol. The van der Waals surface area contributed by atoms with Crippen molar-refractivity contribution < 1.29 is 23.4 Å². The predicted molar refractivity (Wildman–Crippen MR) is 142 cm³/mol. The van der Waals surface area contributed by atoms with Gasteiger partial charge in [-0.2, -0.15) is 5.10 Å².